The van der Waals surface area contributed by atoms with E-state index < -0.39 is 0 Å². The highest BCUT2D eigenvalue weighted by atomic mass is 32.1. The van der Waals surface area contributed by atoms with Crippen molar-refractivity contribution < 1.29 is 4.52 Å². The third-order valence-corrected chi connectivity index (χ3v) is 5.48. The van der Waals surface area contributed by atoms with Gasteiger partial charge in [-0.3, -0.25) is 4.99 Å². The maximum Gasteiger partial charge on any atom is 0.167 e. The molecule has 0 aromatic carbocycles. The summed E-state index contributed by atoms with van der Waals surface area (Å²) in [5.41, 5.74) is 6.72. The summed E-state index contributed by atoms with van der Waals surface area (Å²) in [5.74, 6) is 0.857. The third-order valence-electron chi connectivity index (χ3n) is 4.25. The standard InChI is InChI=1S/C20H22N2OS/c1-6-8-10-15(9-7-2)19-17-12(3)14(5)24-20(17)18-13(4)22-23-16(18)11-21-19/h6-10H,11H2,1-5H3/b8-6-,9-7-,15-10+. The lowest BCUT2D eigenvalue weighted by molar-refractivity contribution is 0.382. The van der Waals surface area contributed by atoms with Crippen molar-refractivity contribution in [3.8, 4) is 10.4 Å². The first kappa shape index (κ1) is 16.7. The number of rotatable bonds is 3. The van der Waals surface area contributed by atoms with Gasteiger partial charge in [0.2, 0.25) is 0 Å². The number of hydrogen-bond acceptors (Lipinski definition) is 4. The molecule has 3 rings (SSSR count). The molecule has 4 heteroatoms. The molecule has 0 amide bonds. The van der Waals surface area contributed by atoms with Gasteiger partial charge in [0.15, 0.2) is 5.76 Å². The Labute approximate surface area is 147 Å². The Bertz CT molecular complexity index is 891. The van der Waals surface area contributed by atoms with E-state index >= 15 is 0 Å². The van der Waals surface area contributed by atoms with Gasteiger partial charge in [-0.1, -0.05) is 35.5 Å². The van der Waals surface area contributed by atoms with Crippen LogP contribution in [-0.2, 0) is 6.54 Å². The first-order valence-electron chi connectivity index (χ1n) is 8.14. The second-order valence-electron chi connectivity index (χ2n) is 5.87. The summed E-state index contributed by atoms with van der Waals surface area (Å²) in [7, 11) is 0. The summed E-state index contributed by atoms with van der Waals surface area (Å²) in [6.45, 7) is 10.9. The molecule has 3 heterocycles. The second-order valence-corrected chi connectivity index (χ2v) is 7.09. The molecule has 0 saturated heterocycles. The second kappa shape index (κ2) is 6.73. The number of hydrogen-bond donors (Lipinski definition) is 0. The molecule has 0 spiro atoms. The van der Waals surface area contributed by atoms with Crippen LogP contribution >= 0.6 is 11.3 Å². The molecule has 0 atom stereocenters. The maximum atomic E-state index is 5.54. The molecule has 2 aromatic rings. The van der Waals surface area contributed by atoms with E-state index in [1.807, 2.05) is 26.8 Å². The van der Waals surface area contributed by atoms with Crippen LogP contribution in [0.4, 0.5) is 0 Å². The molecule has 24 heavy (non-hydrogen) atoms. The monoisotopic (exact) mass is 338 g/mol. The quantitative estimate of drug-likeness (QED) is 0.672. The summed E-state index contributed by atoms with van der Waals surface area (Å²) in [4.78, 5) is 7.44. The van der Waals surface area contributed by atoms with Gasteiger partial charge in [0.25, 0.3) is 0 Å². The summed E-state index contributed by atoms with van der Waals surface area (Å²) in [6, 6.07) is 0. The van der Waals surface area contributed by atoms with E-state index in [1.54, 1.807) is 11.3 Å². The largest absolute Gasteiger partial charge is 0.358 e. The fourth-order valence-corrected chi connectivity index (χ4v) is 4.24. The average Bonchev–Trinajstić information content (AvgIpc) is 3.00. The van der Waals surface area contributed by atoms with Gasteiger partial charge in [-0.15, -0.1) is 11.3 Å². The fraction of sp³-hybridized carbons (Fsp3) is 0.300. The number of nitrogens with zero attached hydrogens (tertiary/aromatic N) is 2. The molecule has 0 aliphatic carbocycles. The van der Waals surface area contributed by atoms with Gasteiger partial charge in [0.05, 0.1) is 17.0 Å². The molecule has 124 valence electrons. The molecule has 3 nitrogen and oxygen atoms in total. The summed E-state index contributed by atoms with van der Waals surface area (Å²) < 4.78 is 5.54. The van der Waals surface area contributed by atoms with Crippen molar-refractivity contribution >= 4 is 17.0 Å². The van der Waals surface area contributed by atoms with Crippen LogP contribution < -0.4 is 0 Å². The fourth-order valence-electron chi connectivity index (χ4n) is 2.96. The Balaban J connectivity index is 2.29. The first-order valence-corrected chi connectivity index (χ1v) is 8.96. The average molecular weight is 338 g/mol. The molecule has 0 bridgehead atoms. The highest BCUT2D eigenvalue weighted by Crippen LogP contribution is 2.42. The lowest BCUT2D eigenvalue weighted by atomic mass is 9.95. The van der Waals surface area contributed by atoms with Gasteiger partial charge in [-0.05, 0) is 40.2 Å². The Hall–Kier alpha value is -2.20. The van der Waals surface area contributed by atoms with Gasteiger partial charge in [0.1, 0.15) is 6.54 Å². The smallest absolute Gasteiger partial charge is 0.167 e. The highest BCUT2D eigenvalue weighted by Gasteiger charge is 2.28. The minimum atomic E-state index is 0.524. The Morgan fingerprint density at radius 1 is 1.12 bits per heavy atom. The number of thiophene rings is 1. The molecular formula is C20H22N2OS. The molecule has 0 saturated carbocycles. The minimum absolute atomic E-state index is 0.524. The predicted molar refractivity (Wildman–Crippen MR) is 102 cm³/mol. The van der Waals surface area contributed by atoms with Crippen LogP contribution in [-0.4, -0.2) is 10.9 Å². The van der Waals surface area contributed by atoms with Crippen LogP contribution in [0.15, 0.2) is 45.5 Å². The maximum absolute atomic E-state index is 5.54. The van der Waals surface area contributed by atoms with Gasteiger partial charge >= 0.3 is 0 Å². The SMILES string of the molecule is C\C=C/C=C(\C=C/C)C1=NCc2onc(C)c2-c2sc(C)c(C)c21. The first-order chi connectivity index (χ1) is 11.6. The molecule has 2 aromatic heterocycles. The zero-order valence-corrected chi connectivity index (χ0v) is 15.6. The highest BCUT2D eigenvalue weighted by molar-refractivity contribution is 7.16. The van der Waals surface area contributed by atoms with E-state index in [4.69, 9.17) is 9.52 Å². The zero-order valence-electron chi connectivity index (χ0n) is 14.8. The Kier molecular flexibility index (Phi) is 4.67. The molecule has 0 unspecified atom stereocenters. The number of aromatic nitrogens is 1. The Morgan fingerprint density at radius 2 is 1.92 bits per heavy atom. The van der Waals surface area contributed by atoms with E-state index in [1.165, 1.54) is 20.9 Å². The lowest BCUT2D eigenvalue weighted by Gasteiger charge is -2.09. The molecular weight excluding hydrogens is 316 g/mol. The van der Waals surface area contributed by atoms with Gasteiger partial charge in [-0.25, -0.2) is 0 Å². The number of allylic oxidation sites excluding steroid dienone is 6. The van der Waals surface area contributed by atoms with Crippen LogP contribution in [0.3, 0.4) is 0 Å². The zero-order chi connectivity index (χ0) is 17.3. The van der Waals surface area contributed by atoms with Crippen LogP contribution in [0.1, 0.15) is 41.3 Å². The normalized spacial score (nSPS) is 14.9. The number of aryl methyl sites for hydroxylation is 2. The minimum Gasteiger partial charge on any atom is -0.358 e. The topological polar surface area (TPSA) is 38.4 Å². The van der Waals surface area contributed by atoms with Crippen molar-refractivity contribution in [3.05, 3.63) is 63.4 Å². The summed E-state index contributed by atoms with van der Waals surface area (Å²) >= 11 is 1.80. The van der Waals surface area contributed by atoms with E-state index in [2.05, 4.69) is 43.3 Å². The summed E-state index contributed by atoms with van der Waals surface area (Å²) in [6.07, 6.45) is 10.4. The van der Waals surface area contributed by atoms with Crippen LogP contribution in [0.5, 0.6) is 0 Å². The van der Waals surface area contributed by atoms with Crippen LogP contribution in [0, 0.1) is 20.8 Å². The van der Waals surface area contributed by atoms with Crippen molar-refractivity contribution in [2.75, 3.05) is 0 Å². The van der Waals surface area contributed by atoms with Crippen molar-refractivity contribution in [3.63, 3.8) is 0 Å². The Morgan fingerprint density at radius 3 is 2.62 bits per heavy atom. The van der Waals surface area contributed by atoms with Crippen molar-refractivity contribution in [2.45, 2.75) is 41.2 Å². The van der Waals surface area contributed by atoms with Crippen molar-refractivity contribution in [1.82, 2.24) is 5.16 Å². The molecule has 1 aliphatic heterocycles. The van der Waals surface area contributed by atoms with Gasteiger partial charge in [-0.2, -0.15) is 0 Å². The van der Waals surface area contributed by atoms with Gasteiger partial charge < -0.3 is 4.52 Å². The van der Waals surface area contributed by atoms with E-state index in [9.17, 15) is 0 Å². The van der Waals surface area contributed by atoms with Crippen molar-refractivity contribution in [1.29, 1.82) is 0 Å². The molecule has 1 aliphatic rings. The van der Waals surface area contributed by atoms with Crippen molar-refractivity contribution in [2.24, 2.45) is 4.99 Å². The van der Waals surface area contributed by atoms with E-state index in [0.717, 1.165) is 28.3 Å². The third kappa shape index (κ3) is 2.71. The van der Waals surface area contributed by atoms with E-state index in [0.29, 0.717) is 6.54 Å². The summed E-state index contributed by atoms with van der Waals surface area (Å²) in [5, 5.41) is 4.16. The predicted octanol–water partition coefficient (Wildman–Crippen LogP) is 5.71. The lowest BCUT2D eigenvalue weighted by Crippen LogP contribution is -2.05. The number of fused-ring (bicyclic) bond motifs is 3. The molecule has 0 N–H and O–H groups in total. The molecule has 0 fully saturated rings. The molecule has 0 radical (unpaired) electrons. The van der Waals surface area contributed by atoms with Gasteiger partial charge in [0, 0.05) is 20.9 Å². The number of aliphatic imine (C=N–C) groups is 1. The van der Waals surface area contributed by atoms with Crippen LogP contribution in [0.2, 0.25) is 0 Å². The van der Waals surface area contributed by atoms with E-state index in [-0.39, 0.29) is 0 Å². The van der Waals surface area contributed by atoms with Crippen LogP contribution in [0.25, 0.3) is 10.4 Å².